The van der Waals surface area contributed by atoms with Crippen molar-refractivity contribution >= 4 is 34.1 Å². The number of aromatic nitrogens is 1. The predicted molar refractivity (Wildman–Crippen MR) is 114 cm³/mol. The molecule has 1 aromatic heterocycles. The second kappa shape index (κ2) is 8.87. The molecule has 0 saturated carbocycles. The van der Waals surface area contributed by atoms with E-state index in [4.69, 9.17) is 0 Å². The number of hydrogen-bond acceptors (Lipinski definition) is 5. The third-order valence-electron chi connectivity index (χ3n) is 5.17. The van der Waals surface area contributed by atoms with Crippen LogP contribution in [0, 0.1) is 0 Å². The quantitative estimate of drug-likeness (QED) is 0.505. The first kappa shape index (κ1) is 19.8. The Morgan fingerprint density at radius 2 is 1.67 bits per heavy atom. The number of carbonyl (C=O) groups is 2. The van der Waals surface area contributed by atoms with E-state index >= 15 is 0 Å². The lowest BCUT2D eigenvalue weighted by molar-refractivity contribution is -0.134. The van der Waals surface area contributed by atoms with Gasteiger partial charge in [-0.25, -0.2) is 0 Å². The van der Waals surface area contributed by atoms with Crippen LogP contribution >= 0.6 is 0 Å². The van der Waals surface area contributed by atoms with Gasteiger partial charge in [0.2, 0.25) is 5.88 Å². The highest BCUT2D eigenvalue weighted by Gasteiger charge is 2.20. The molecule has 0 atom stereocenters. The zero-order valence-electron chi connectivity index (χ0n) is 16.5. The summed E-state index contributed by atoms with van der Waals surface area (Å²) in [7, 11) is 0. The van der Waals surface area contributed by atoms with E-state index in [1.54, 1.807) is 34.9 Å². The summed E-state index contributed by atoms with van der Waals surface area (Å²) >= 11 is 0. The number of rotatable bonds is 4. The Morgan fingerprint density at radius 1 is 0.967 bits per heavy atom. The molecule has 1 saturated heterocycles. The van der Waals surface area contributed by atoms with Crippen LogP contribution in [-0.2, 0) is 16.3 Å². The molecule has 30 heavy (non-hydrogen) atoms. The maximum absolute atomic E-state index is 12.1. The number of likely N-dealkylation sites (tertiary alicyclic amines) is 1. The van der Waals surface area contributed by atoms with Gasteiger partial charge in [0.1, 0.15) is 0 Å². The summed E-state index contributed by atoms with van der Waals surface area (Å²) in [5.74, 6) is -1.99. The average Bonchev–Trinajstić information content (AvgIpc) is 3.04. The maximum Gasteiger partial charge on any atom is 0.353 e. The van der Waals surface area contributed by atoms with Gasteiger partial charge in [-0.1, -0.05) is 42.8 Å². The van der Waals surface area contributed by atoms with Crippen molar-refractivity contribution in [3.05, 3.63) is 54.6 Å². The van der Waals surface area contributed by atoms with E-state index in [2.05, 4.69) is 20.4 Å². The van der Waals surface area contributed by atoms with Crippen molar-refractivity contribution < 1.29 is 14.7 Å². The van der Waals surface area contributed by atoms with E-state index < -0.39 is 11.8 Å². The minimum atomic E-state index is -1.04. The van der Waals surface area contributed by atoms with Gasteiger partial charge in [-0.15, -0.1) is 10.2 Å². The molecule has 0 aliphatic carbocycles. The Balaban J connectivity index is 1.56. The van der Waals surface area contributed by atoms with Crippen LogP contribution < -0.4 is 5.32 Å². The summed E-state index contributed by atoms with van der Waals surface area (Å²) < 4.78 is 1.77. The van der Waals surface area contributed by atoms with Gasteiger partial charge in [-0.2, -0.15) is 0 Å². The highest BCUT2D eigenvalue weighted by Crippen LogP contribution is 2.39. The lowest BCUT2D eigenvalue weighted by Crippen LogP contribution is -2.31. The first-order valence-corrected chi connectivity index (χ1v) is 9.98. The smallest absolute Gasteiger partial charge is 0.353 e. The Kier molecular flexibility index (Phi) is 5.85. The minimum Gasteiger partial charge on any atom is -0.493 e. The van der Waals surface area contributed by atoms with Crippen LogP contribution in [0.15, 0.2) is 64.8 Å². The molecule has 8 heteroatoms. The zero-order chi connectivity index (χ0) is 20.9. The highest BCUT2D eigenvalue weighted by atomic mass is 16.3. The van der Waals surface area contributed by atoms with Crippen LogP contribution in [0.2, 0.25) is 0 Å². The van der Waals surface area contributed by atoms with E-state index in [-0.39, 0.29) is 11.6 Å². The average molecular weight is 405 g/mol. The van der Waals surface area contributed by atoms with Crippen molar-refractivity contribution in [2.45, 2.75) is 25.9 Å². The van der Waals surface area contributed by atoms with Crippen molar-refractivity contribution in [2.24, 2.45) is 10.2 Å². The molecule has 2 N–H and O–H groups in total. The number of amides is 2. The molecule has 2 aromatic carbocycles. The van der Waals surface area contributed by atoms with Gasteiger partial charge in [-0.05, 0) is 44.1 Å². The van der Waals surface area contributed by atoms with Crippen LogP contribution in [0.4, 0.5) is 11.4 Å². The van der Waals surface area contributed by atoms with Crippen LogP contribution in [-0.4, -0.2) is 39.5 Å². The summed E-state index contributed by atoms with van der Waals surface area (Å²) in [6.07, 6.45) is 3.50. The second-order valence-electron chi connectivity index (χ2n) is 7.26. The molecule has 2 amide bonds. The Hall–Kier alpha value is -3.52. The predicted octanol–water partition coefficient (Wildman–Crippen LogP) is 4.04. The zero-order valence-corrected chi connectivity index (χ0v) is 16.5. The fraction of sp³-hybridized carbons (Fsp3) is 0.273. The number of nitrogens with zero attached hydrogens (tertiary/aromatic N) is 4. The fourth-order valence-electron chi connectivity index (χ4n) is 3.66. The van der Waals surface area contributed by atoms with Crippen LogP contribution in [0.3, 0.4) is 0 Å². The molecular weight excluding hydrogens is 382 g/mol. The number of anilines is 1. The Labute approximate surface area is 173 Å². The standard InChI is InChI=1S/C22H23N5O3/c28-20(23-16-9-3-1-4-10-16)21(29)25-24-19-17-11-5-6-12-18(17)27(22(19)30)15-26-13-7-2-8-14-26/h1,3-6,9-12,30H,2,7-8,13-15H2,(H,23,28). The van der Waals surface area contributed by atoms with E-state index in [1.807, 2.05) is 24.3 Å². The van der Waals surface area contributed by atoms with E-state index in [1.165, 1.54) is 6.42 Å². The molecule has 1 aliphatic rings. The van der Waals surface area contributed by atoms with Crippen molar-refractivity contribution in [2.75, 3.05) is 18.4 Å². The number of hydrogen-bond donors (Lipinski definition) is 2. The highest BCUT2D eigenvalue weighted by molar-refractivity contribution is 6.40. The van der Waals surface area contributed by atoms with Crippen LogP contribution in [0.5, 0.6) is 5.88 Å². The number of nitrogens with one attached hydrogen (secondary N) is 1. The lowest BCUT2D eigenvalue weighted by Gasteiger charge is -2.27. The molecule has 154 valence electrons. The number of fused-ring (bicyclic) bond motifs is 1. The van der Waals surface area contributed by atoms with Gasteiger partial charge in [-0.3, -0.25) is 19.1 Å². The van der Waals surface area contributed by atoms with Crippen LogP contribution in [0.1, 0.15) is 19.3 Å². The summed E-state index contributed by atoms with van der Waals surface area (Å²) in [6.45, 7) is 2.48. The first-order chi connectivity index (χ1) is 14.6. The number of piperidine rings is 1. The van der Waals surface area contributed by atoms with E-state index in [0.29, 0.717) is 17.7 Å². The summed E-state index contributed by atoms with van der Waals surface area (Å²) in [5.41, 5.74) is 1.48. The summed E-state index contributed by atoms with van der Waals surface area (Å²) in [4.78, 5) is 26.5. The first-order valence-electron chi connectivity index (χ1n) is 9.98. The SMILES string of the molecule is O=C(N=Nc1c(O)n(CN2CCCCC2)c2ccccc12)C(=O)Nc1ccccc1. The van der Waals surface area contributed by atoms with E-state index in [0.717, 1.165) is 31.4 Å². The van der Waals surface area contributed by atoms with Gasteiger partial charge < -0.3 is 10.4 Å². The van der Waals surface area contributed by atoms with Gasteiger partial charge >= 0.3 is 11.8 Å². The minimum absolute atomic E-state index is 0.0678. The molecule has 0 spiro atoms. The molecular formula is C22H23N5O3. The molecule has 0 bridgehead atoms. The number of aromatic hydroxyl groups is 1. The summed E-state index contributed by atoms with van der Waals surface area (Å²) in [5, 5.41) is 21.4. The monoisotopic (exact) mass is 405 g/mol. The van der Waals surface area contributed by atoms with Crippen molar-refractivity contribution in [3.63, 3.8) is 0 Å². The van der Waals surface area contributed by atoms with E-state index in [9.17, 15) is 14.7 Å². The third-order valence-corrected chi connectivity index (χ3v) is 5.17. The van der Waals surface area contributed by atoms with Crippen molar-refractivity contribution in [1.82, 2.24) is 9.47 Å². The number of para-hydroxylation sites is 2. The van der Waals surface area contributed by atoms with Crippen molar-refractivity contribution in [1.29, 1.82) is 0 Å². The largest absolute Gasteiger partial charge is 0.493 e. The number of azo groups is 1. The molecule has 1 aliphatic heterocycles. The molecule has 8 nitrogen and oxygen atoms in total. The van der Waals surface area contributed by atoms with Crippen LogP contribution in [0.25, 0.3) is 10.9 Å². The molecule has 0 radical (unpaired) electrons. The third kappa shape index (κ3) is 4.23. The number of benzene rings is 2. The van der Waals surface area contributed by atoms with Crippen molar-refractivity contribution in [3.8, 4) is 5.88 Å². The Morgan fingerprint density at radius 3 is 2.43 bits per heavy atom. The second-order valence-corrected chi connectivity index (χ2v) is 7.26. The maximum atomic E-state index is 12.1. The molecule has 4 rings (SSSR count). The molecule has 2 heterocycles. The lowest BCUT2D eigenvalue weighted by atomic mass is 10.1. The van der Waals surface area contributed by atoms with Gasteiger partial charge in [0.15, 0.2) is 5.69 Å². The molecule has 3 aromatic rings. The topological polar surface area (TPSA) is 99.3 Å². The van der Waals surface area contributed by atoms with Gasteiger partial charge in [0.05, 0.1) is 12.2 Å². The fourth-order valence-corrected chi connectivity index (χ4v) is 3.66. The Bertz CT molecular complexity index is 1080. The molecule has 1 fully saturated rings. The summed E-state index contributed by atoms with van der Waals surface area (Å²) in [6, 6.07) is 16.1. The normalized spacial score (nSPS) is 14.9. The molecule has 0 unspecified atom stereocenters. The van der Waals surface area contributed by atoms with Gasteiger partial charge in [0.25, 0.3) is 0 Å². The number of carbonyl (C=O) groups excluding carboxylic acids is 2. The van der Waals surface area contributed by atoms with Gasteiger partial charge in [0, 0.05) is 11.1 Å².